The number of ketones is 1. The van der Waals surface area contributed by atoms with Crippen LogP contribution in [0.25, 0.3) is 10.2 Å². The molecule has 134 valence electrons. The first kappa shape index (κ1) is 17.8. The number of nitrogens with zero attached hydrogens (tertiary/aromatic N) is 2. The molecule has 0 fully saturated rings. The van der Waals surface area contributed by atoms with Crippen LogP contribution in [0.2, 0.25) is 5.02 Å². The highest BCUT2D eigenvalue weighted by Crippen LogP contribution is 2.36. The van der Waals surface area contributed by atoms with Crippen molar-refractivity contribution >= 4 is 50.7 Å². The van der Waals surface area contributed by atoms with E-state index in [0.717, 1.165) is 29.5 Å². The standard InChI is InChI=1S/C19H17ClN2O2S2/c1-10(16(23)11-6-8-12(20)9-7-11)25-19-21-17-15(18(24)22(19)2)13-4-3-5-14(13)26-17/h6-10H,3-5H2,1-2H3/t10-/m1/s1. The van der Waals surface area contributed by atoms with E-state index in [-0.39, 0.29) is 16.6 Å². The number of thiophene rings is 1. The van der Waals surface area contributed by atoms with Crippen LogP contribution in [0.4, 0.5) is 0 Å². The van der Waals surface area contributed by atoms with Gasteiger partial charge in [0.15, 0.2) is 10.9 Å². The molecule has 0 N–H and O–H groups in total. The molecule has 26 heavy (non-hydrogen) atoms. The maximum Gasteiger partial charge on any atom is 0.262 e. The molecule has 0 aliphatic heterocycles. The molecule has 0 unspecified atom stereocenters. The summed E-state index contributed by atoms with van der Waals surface area (Å²) in [5.41, 5.74) is 1.78. The van der Waals surface area contributed by atoms with Crippen molar-refractivity contribution in [3.63, 3.8) is 0 Å². The summed E-state index contributed by atoms with van der Waals surface area (Å²) in [6.45, 7) is 1.84. The number of hydrogen-bond acceptors (Lipinski definition) is 5. The Hall–Kier alpha value is -1.63. The fraction of sp³-hybridized carbons (Fsp3) is 0.316. The fourth-order valence-electron chi connectivity index (χ4n) is 3.27. The van der Waals surface area contributed by atoms with Crippen molar-refractivity contribution in [2.45, 2.75) is 36.6 Å². The van der Waals surface area contributed by atoms with Crippen molar-refractivity contribution in [2.24, 2.45) is 7.05 Å². The zero-order valence-electron chi connectivity index (χ0n) is 14.4. The Morgan fingerprint density at radius 2 is 2.04 bits per heavy atom. The predicted molar refractivity (Wildman–Crippen MR) is 108 cm³/mol. The van der Waals surface area contributed by atoms with Crippen molar-refractivity contribution in [3.8, 4) is 0 Å². The molecule has 1 aromatic carbocycles. The molecule has 0 radical (unpaired) electrons. The molecule has 2 heterocycles. The Kier molecular flexibility index (Phi) is 4.67. The molecule has 0 spiro atoms. The van der Waals surface area contributed by atoms with Gasteiger partial charge in [-0.2, -0.15) is 0 Å². The van der Waals surface area contributed by atoms with Gasteiger partial charge < -0.3 is 0 Å². The lowest BCUT2D eigenvalue weighted by atomic mass is 10.1. The Labute approximate surface area is 164 Å². The highest BCUT2D eigenvalue weighted by atomic mass is 35.5. The summed E-state index contributed by atoms with van der Waals surface area (Å²) in [5, 5.41) is 1.60. The highest BCUT2D eigenvalue weighted by Gasteiger charge is 2.24. The minimum absolute atomic E-state index is 0.00492. The van der Waals surface area contributed by atoms with E-state index < -0.39 is 0 Å². The second-order valence-electron chi connectivity index (χ2n) is 6.43. The van der Waals surface area contributed by atoms with E-state index in [1.807, 2.05) is 6.92 Å². The summed E-state index contributed by atoms with van der Waals surface area (Å²) < 4.78 is 1.57. The zero-order valence-corrected chi connectivity index (χ0v) is 16.8. The summed E-state index contributed by atoms with van der Waals surface area (Å²) in [4.78, 5) is 32.3. The summed E-state index contributed by atoms with van der Waals surface area (Å²) in [7, 11) is 1.73. The second-order valence-corrected chi connectivity index (χ2v) is 9.26. The zero-order chi connectivity index (χ0) is 18.4. The third-order valence-corrected chi connectivity index (χ3v) is 7.27. The first-order chi connectivity index (χ1) is 12.5. The van der Waals surface area contributed by atoms with Gasteiger partial charge in [-0.15, -0.1) is 11.3 Å². The molecule has 0 saturated carbocycles. The van der Waals surface area contributed by atoms with Crippen molar-refractivity contribution in [2.75, 3.05) is 0 Å². The summed E-state index contributed by atoms with van der Waals surface area (Å²) in [5.74, 6) is -0.00492. The number of benzene rings is 1. The van der Waals surface area contributed by atoms with Crippen LogP contribution in [0.15, 0.2) is 34.2 Å². The average molecular weight is 405 g/mol. The smallest absolute Gasteiger partial charge is 0.262 e. The third-order valence-electron chi connectivity index (χ3n) is 4.69. The normalized spacial score (nSPS) is 14.6. The molecule has 4 nitrogen and oxygen atoms in total. The van der Waals surface area contributed by atoms with Crippen LogP contribution in [0.3, 0.4) is 0 Å². The van der Waals surface area contributed by atoms with Gasteiger partial charge in [-0.05, 0) is 56.0 Å². The van der Waals surface area contributed by atoms with E-state index in [2.05, 4.69) is 0 Å². The Morgan fingerprint density at radius 3 is 2.77 bits per heavy atom. The Morgan fingerprint density at radius 1 is 1.31 bits per heavy atom. The number of rotatable bonds is 4. The molecule has 0 bridgehead atoms. The molecule has 1 aliphatic carbocycles. The molecule has 1 aliphatic rings. The van der Waals surface area contributed by atoms with Gasteiger partial charge in [-0.3, -0.25) is 14.2 Å². The number of aromatic nitrogens is 2. The van der Waals surface area contributed by atoms with Gasteiger partial charge in [0.25, 0.3) is 5.56 Å². The number of fused-ring (bicyclic) bond motifs is 3. The summed E-state index contributed by atoms with van der Waals surface area (Å²) >= 11 is 8.83. The van der Waals surface area contributed by atoms with Crippen LogP contribution in [-0.2, 0) is 19.9 Å². The topological polar surface area (TPSA) is 52.0 Å². The van der Waals surface area contributed by atoms with Crippen LogP contribution >= 0.6 is 34.7 Å². The number of carbonyl (C=O) groups is 1. The average Bonchev–Trinajstić information content (AvgIpc) is 3.20. The van der Waals surface area contributed by atoms with Crippen LogP contribution < -0.4 is 5.56 Å². The van der Waals surface area contributed by atoms with Gasteiger partial charge in [0.2, 0.25) is 0 Å². The molecular weight excluding hydrogens is 388 g/mol. The highest BCUT2D eigenvalue weighted by molar-refractivity contribution is 8.00. The van der Waals surface area contributed by atoms with Crippen LogP contribution in [0.1, 0.15) is 34.1 Å². The molecule has 7 heteroatoms. The molecule has 2 aromatic heterocycles. The molecular formula is C19H17ClN2O2S2. The minimum atomic E-state index is -0.349. The van der Waals surface area contributed by atoms with Crippen molar-refractivity contribution in [1.82, 2.24) is 9.55 Å². The van der Waals surface area contributed by atoms with E-state index in [0.29, 0.717) is 15.7 Å². The molecule has 1 atom stereocenters. The minimum Gasteiger partial charge on any atom is -0.293 e. The number of aryl methyl sites for hydroxylation is 2. The second kappa shape index (κ2) is 6.83. The first-order valence-electron chi connectivity index (χ1n) is 8.43. The number of Topliss-reactive ketones (excluding diaryl/α,β-unsaturated/α-hetero) is 1. The van der Waals surface area contributed by atoms with Crippen LogP contribution in [0.5, 0.6) is 0 Å². The van der Waals surface area contributed by atoms with E-state index in [9.17, 15) is 9.59 Å². The largest absolute Gasteiger partial charge is 0.293 e. The van der Waals surface area contributed by atoms with E-state index in [1.165, 1.54) is 22.2 Å². The van der Waals surface area contributed by atoms with Gasteiger partial charge in [0.1, 0.15) is 4.83 Å². The molecule has 4 rings (SSSR count). The summed E-state index contributed by atoms with van der Waals surface area (Å²) in [6.07, 6.45) is 3.11. The van der Waals surface area contributed by atoms with Crippen LogP contribution in [-0.4, -0.2) is 20.6 Å². The predicted octanol–water partition coefficient (Wildman–Crippen LogP) is 4.50. The summed E-state index contributed by atoms with van der Waals surface area (Å²) in [6, 6.07) is 6.86. The van der Waals surface area contributed by atoms with Crippen molar-refractivity contribution < 1.29 is 4.79 Å². The Balaban J connectivity index is 1.66. The number of hydrogen-bond donors (Lipinski definition) is 0. The lowest BCUT2D eigenvalue weighted by Crippen LogP contribution is -2.22. The lowest BCUT2D eigenvalue weighted by Gasteiger charge is -2.12. The van der Waals surface area contributed by atoms with Gasteiger partial charge in [0.05, 0.1) is 10.6 Å². The number of thioether (sulfide) groups is 1. The molecule has 0 amide bonds. The van der Waals surface area contributed by atoms with E-state index >= 15 is 0 Å². The Bertz CT molecular complexity index is 1070. The maximum atomic E-state index is 12.8. The quantitative estimate of drug-likeness (QED) is 0.365. The molecule has 0 saturated heterocycles. The van der Waals surface area contributed by atoms with Gasteiger partial charge >= 0.3 is 0 Å². The van der Waals surface area contributed by atoms with Gasteiger partial charge in [-0.1, -0.05) is 23.4 Å². The maximum absolute atomic E-state index is 12.8. The van der Waals surface area contributed by atoms with E-state index in [4.69, 9.17) is 16.6 Å². The lowest BCUT2D eigenvalue weighted by molar-refractivity contribution is 0.0994. The SMILES string of the molecule is C[C@@H](Sc1nc2sc3c(c2c(=O)n1C)CCC3)C(=O)c1ccc(Cl)cc1. The third kappa shape index (κ3) is 3.00. The molecule has 3 aromatic rings. The van der Waals surface area contributed by atoms with Gasteiger partial charge in [0, 0.05) is 22.5 Å². The van der Waals surface area contributed by atoms with E-state index in [1.54, 1.807) is 47.2 Å². The fourth-order valence-corrected chi connectivity index (χ4v) is 5.65. The monoisotopic (exact) mass is 404 g/mol. The first-order valence-corrected chi connectivity index (χ1v) is 10.5. The number of carbonyl (C=O) groups excluding carboxylic acids is 1. The van der Waals surface area contributed by atoms with Crippen molar-refractivity contribution in [3.05, 3.63) is 55.6 Å². The van der Waals surface area contributed by atoms with Gasteiger partial charge in [-0.25, -0.2) is 4.98 Å². The van der Waals surface area contributed by atoms with Crippen molar-refractivity contribution in [1.29, 1.82) is 0 Å². The van der Waals surface area contributed by atoms with Crippen LogP contribution in [0, 0.1) is 0 Å². The number of halogens is 1.